The summed E-state index contributed by atoms with van der Waals surface area (Å²) in [6.45, 7) is 19.3. The van der Waals surface area contributed by atoms with Gasteiger partial charge in [-0.05, 0) is 86.1 Å². The lowest BCUT2D eigenvalue weighted by atomic mass is 9.76. The number of ether oxygens (including phenoxy) is 1. The Bertz CT molecular complexity index is 1010. The van der Waals surface area contributed by atoms with E-state index in [4.69, 9.17) is 4.74 Å². The third-order valence-electron chi connectivity index (χ3n) is 6.12. The predicted octanol–water partition coefficient (Wildman–Crippen LogP) is 7.29. The van der Waals surface area contributed by atoms with E-state index in [1.807, 2.05) is 72.8 Å². The van der Waals surface area contributed by atoms with Crippen LogP contribution in [0.3, 0.4) is 0 Å². The number of phenolic OH excluding ortho intramolecular Hbond substituents is 2. The molecule has 0 aliphatic carbocycles. The minimum absolute atomic E-state index is 0.0766. The van der Waals surface area contributed by atoms with Crippen LogP contribution in [-0.4, -0.2) is 16.2 Å². The first-order chi connectivity index (χ1) is 15.3. The quantitative estimate of drug-likeness (QED) is 0.252. The summed E-state index contributed by atoms with van der Waals surface area (Å²) in [5.41, 5.74) is 3.95. The van der Waals surface area contributed by atoms with Crippen LogP contribution >= 0.6 is 0 Å². The highest BCUT2D eigenvalue weighted by Gasteiger charge is 2.41. The molecule has 0 spiro atoms. The van der Waals surface area contributed by atoms with E-state index in [0.29, 0.717) is 12.0 Å². The van der Waals surface area contributed by atoms with E-state index < -0.39 is 11.6 Å². The van der Waals surface area contributed by atoms with Crippen LogP contribution in [0.25, 0.3) is 0 Å². The van der Waals surface area contributed by atoms with Gasteiger partial charge in [-0.1, -0.05) is 46.4 Å². The monoisotopic (exact) mass is 450 g/mol. The van der Waals surface area contributed by atoms with Crippen LogP contribution in [0, 0.1) is 13.8 Å². The molecule has 33 heavy (non-hydrogen) atoms. The number of hydrogen-bond donors (Lipinski definition) is 2. The first-order valence-electron chi connectivity index (χ1n) is 11.5. The lowest BCUT2D eigenvalue weighted by molar-refractivity contribution is -0.151. The summed E-state index contributed by atoms with van der Waals surface area (Å²) < 4.78 is 6.33. The summed E-state index contributed by atoms with van der Waals surface area (Å²) in [5.74, 6) is 0.113. The standard InChI is InChI=1S/C29H38O4/c1-10-11-12-29(33-28(32)19(6)7,24-15-22(17(2)3)26(30)13-20(24)8)25-16-23(18(4)5)27(31)14-21(25)9/h10-11,13-18,30-31H,6,12H2,1-5,7-9H3/b11-10-. The second-order valence-corrected chi connectivity index (χ2v) is 9.53. The molecule has 2 rings (SSSR count). The van der Waals surface area contributed by atoms with Gasteiger partial charge in [-0.25, -0.2) is 4.79 Å². The van der Waals surface area contributed by atoms with Crippen LogP contribution in [0.4, 0.5) is 0 Å². The number of benzene rings is 2. The molecule has 0 saturated heterocycles. The van der Waals surface area contributed by atoms with Crippen molar-refractivity contribution in [2.45, 2.75) is 79.2 Å². The zero-order valence-corrected chi connectivity index (χ0v) is 21.2. The van der Waals surface area contributed by atoms with Crippen molar-refractivity contribution in [2.75, 3.05) is 0 Å². The molecule has 4 heteroatoms. The van der Waals surface area contributed by atoms with Crippen LogP contribution in [0.2, 0.25) is 0 Å². The van der Waals surface area contributed by atoms with Crippen molar-refractivity contribution in [1.29, 1.82) is 0 Å². The lowest BCUT2D eigenvalue weighted by Crippen LogP contribution is -2.36. The number of carbonyl (C=O) groups excluding carboxylic acids is 1. The van der Waals surface area contributed by atoms with Gasteiger partial charge in [0.15, 0.2) is 5.60 Å². The molecule has 0 unspecified atom stereocenters. The zero-order chi connectivity index (χ0) is 25.1. The van der Waals surface area contributed by atoms with Gasteiger partial charge in [0.1, 0.15) is 11.5 Å². The predicted molar refractivity (Wildman–Crippen MR) is 135 cm³/mol. The summed E-state index contributed by atoms with van der Waals surface area (Å²) in [6, 6.07) is 7.38. The topological polar surface area (TPSA) is 66.8 Å². The van der Waals surface area contributed by atoms with E-state index in [1.54, 1.807) is 19.1 Å². The van der Waals surface area contributed by atoms with E-state index in [2.05, 4.69) is 6.58 Å². The molecule has 0 atom stereocenters. The van der Waals surface area contributed by atoms with Crippen molar-refractivity contribution >= 4 is 5.97 Å². The molecule has 178 valence electrons. The molecule has 0 aliphatic heterocycles. The SMILES string of the molecule is C=C(C)C(=O)OC(C/C=C\C)(c1cc(C(C)C)c(O)cc1C)c1cc(C(C)C)c(O)cc1C. The first-order valence-corrected chi connectivity index (χ1v) is 11.5. The molecule has 0 aliphatic rings. The number of phenols is 2. The van der Waals surface area contributed by atoms with Gasteiger partial charge in [-0.3, -0.25) is 0 Å². The molecular weight excluding hydrogens is 412 g/mol. The molecule has 2 N–H and O–H groups in total. The first kappa shape index (κ1) is 26.2. The fourth-order valence-electron chi connectivity index (χ4n) is 4.26. The van der Waals surface area contributed by atoms with E-state index in [0.717, 1.165) is 33.4 Å². The molecule has 0 saturated carbocycles. The Balaban J connectivity index is 3.05. The highest BCUT2D eigenvalue weighted by atomic mass is 16.6. The zero-order valence-electron chi connectivity index (χ0n) is 21.2. The second-order valence-electron chi connectivity index (χ2n) is 9.53. The minimum atomic E-state index is -1.16. The molecular formula is C29H38O4. The van der Waals surface area contributed by atoms with Gasteiger partial charge in [0.2, 0.25) is 0 Å². The van der Waals surface area contributed by atoms with Gasteiger partial charge >= 0.3 is 5.97 Å². The van der Waals surface area contributed by atoms with Crippen LogP contribution in [0.15, 0.2) is 48.6 Å². The van der Waals surface area contributed by atoms with E-state index in [1.165, 1.54) is 0 Å². The van der Waals surface area contributed by atoms with Gasteiger partial charge in [0.05, 0.1) is 0 Å². The number of rotatable bonds is 8. The fraction of sp³-hybridized carbons (Fsp3) is 0.414. The Hall–Kier alpha value is -3.01. The van der Waals surface area contributed by atoms with E-state index >= 15 is 0 Å². The van der Waals surface area contributed by atoms with Crippen molar-refractivity contribution in [3.8, 4) is 11.5 Å². The number of aryl methyl sites for hydroxylation is 2. The third kappa shape index (κ3) is 5.32. The average Bonchev–Trinajstić information content (AvgIpc) is 2.70. The smallest absolute Gasteiger partial charge is 0.334 e. The normalized spacial score (nSPS) is 12.1. The third-order valence-corrected chi connectivity index (χ3v) is 6.12. The molecule has 0 bridgehead atoms. The van der Waals surface area contributed by atoms with Crippen molar-refractivity contribution in [3.63, 3.8) is 0 Å². The molecule has 0 fully saturated rings. The van der Waals surface area contributed by atoms with Crippen molar-refractivity contribution in [3.05, 3.63) is 82.0 Å². The number of carbonyl (C=O) groups is 1. The Kier molecular flexibility index (Phi) is 8.18. The van der Waals surface area contributed by atoms with E-state index in [9.17, 15) is 15.0 Å². The maximum atomic E-state index is 13.0. The van der Waals surface area contributed by atoms with Gasteiger partial charge in [0.25, 0.3) is 0 Å². The molecule has 0 heterocycles. The summed E-state index contributed by atoms with van der Waals surface area (Å²) in [6.07, 6.45) is 4.31. The van der Waals surface area contributed by atoms with Crippen LogP contribution < -0.4 is 0 Å². The van der Waals surface area contributed by atoms with Crippen LogP contribution in [0.1, 0.15) is 93.2 Å². The Morgan fingerprint density at radius 2 is 1.39 bits per heavy atom. The molecule has 0 aromatic heterocycles. The van der Waals surface area contributed by atoms with Crippen molar-refractivity contribution in [1.82, 2.24) is 0 Å². The van der Waals surface area contributed by atoms with Crippen LogP contribution in [0.5, 0.6) is 11.5 Å². The maximum absolute atomic E-state index is 13.0. The summed E-state index contributed by atoms with van der Waals surface area (Å²) in [5, 5.41) is 21.2. The highest BCUT2D eigenvalue weighted by Crippen LogP contribution is 2.46. The average molecular weight is 451 g/mol. The largest absolute Gasteiger partial charge is 0.508 e. The Morgan fingerprint density at radius 3 is 1.73 bits per heavy atom. The second kappa shape index (κ2) is 10.3. The number of hydrogen-bond acceptors (Lipinski definition) is 4. The fourth-order valence-corrected chi connectivity index (χ4v) is 4.26. The summed E-state index contributed by atoms with van der Waals surface area (Å²) >= 11 is 0. The van der Waals surface area contributed by atoms with Gasteiger partial charge in [-0.15, -0.1) is 0 Å². The van der Waals surface area contributed by atoms with Gasteiger partial charge in [-0.2, -0.15) is 0 Å². The molecule has 0 radical (unpaired) electrons. The highest BCUT2D eigenvalue weighted by molar-refractivity contribution is 5.87. The van der Waals surface area contributed by atoms with Crippen molar-refractivity contribution < 1.29 is 19.7 Å². The van der Waals surface area contributed by atoms with E-state index in [-0.39, 0.29) is 23.3 Å². The molecule has 2 aromatic rings. The van der Waals surface area contributed by atoms with Gasteiger partial charge < -0.3 is 14.9 Å². The Labute approximate surface area is 198 Å². The Morgan fingerprint density at radius 1 is 0.970 bits per heavy atom. The number of allylic oxidation sites excluding steroid dienone is 1. The maximum Gasteiger partial charge on any atom is 0.334 e. The minimum Gasteiger partial charge on any atom is -0.508 e. The number of aromatic hydroxyl groups is 2. The van der Waals surface area contributed by atoms with Gasteiger partial charge in [0, 0.05) is 23.1 Å². The van der Waals surface area contributed by atoms with Crippen molar-refractivity contribution in [2.24, 2.45) is 0 Å². The molecule has 2 aromatic carbocycles. The summed E-state index contributed by atoms with van der Waals surface area (Å²) in [4.78, 5) is 13.0. The van der Waals surface area contributed by atoms with Crippen LogP contribution in [-0.2, 0) is 15.1 Å². The number of esters is 1. The summed E-state index contributed by atoms with van der Waals surface area (Å²) in [7, 11) is 0. The molecule has 0 amide bonds. The lowest BCUT2D eigenvalue weighted by Gasteiger charge is -2.37. The molecule has 4 nitrogen and oxygen atoms in total.